The van der Waals surface area contributed by atoms with Crippen molar-refractivity contribution in [2.75, 3.05) is 22.9 Å². The monoisotopic (exact) mass is 356 g/mol. The summed E-state index contributed by atoms with van der Waals surface area (Å²) in [6.45, 7) is 4.07. The minimum absolute atomic E-state index is 0.0200. The number of para-hydroxylation sites is 1. The van der Waals surface area contributed by atoms with E-state index in [1.807, 2.05) is 25.1 Å². The summed E-state index contributed by atoms with van der Waals surface area (Å²) >= 11 is 6.01. The molecule has 0 fully saturated rings. The predicted molar refractivity (Wildman–Crippen MR) is 101 cm³/mol. The van der Waals surface area contributed by atoms with E-state index in [2.05, 4.69) is 6.07 Å². The van der Waals surface area contributed by atoms with Crippen LogP contribution in [0.1, 0.15) is 24.5 Å². The van der Waals surface area contributed by atoms with E-state index in [-0.39, 0.29) is 18.4 Å². The molecule has 0 saturated carbocycles. The first kappa shape index (κ1) is 17.5. The Bertz CT molecular complexity index is 819. The lowest BCUT2D eigenvalue weighted by molar-refractivity contribution is -0.121. The molecule has 0 radical (unpaired) electrons. The molecular formula is C20H21ClN2O2. The van der Waals surface area contributed by atoms with Gasteiger partial charge in [-0.1, -0.05) is 29.8 Å². The Kier molecular flexibility index (Phi) is 5.09. The number of aryl methyl sites for hydroxylation is 2. The molecule has 0 saturated heterocycles. The van der Waals surface area contributed by atoms with Gasteiger partial charge in [0.2, 0.25) is 11.8 Å². The van der Waals surface area contributed by atoms with Crippen LogP contribution >= 0.6 is 11.6 Å². The molecule has 4 nitrogen and oxygen atoms in total. The van der Waals surface area contributed by atoms with E-state index in [1.54, 1.807) is 23.1 Å². The molecule has 2 amide bonds. The second kappa shape index (κ2) is 7.28. The van der Waals surface area contributed by atoms with Gasteiger partial charge in [0, 0.05) is 29.9 Å². The average Bonchev–Trinajstić information content (AvgIpc) is 2.59. The van der Waals surface area contributed by atoms with Gasteiger partial charge in [0.05, 0.1) is 0 Å². The Labute approximate surface area is 153 Å². The highest BCUT2D eigenvalue weighted by Crippen LogP contribution is 2.28. The SMILES string of the molecule is CC(=O)N(CC(=O)N1CCCc2ccccc21)c1ccc(Cl)cc1C. The van der Waals surface area contributed by atoms with Crippen molar-refractivity contribution in [3.63, 3.8) is 0 Å². The van der Waals surface area contributed by atoms with Gasteiger partial charge in [-0.3, -0.25) is 9.59 Å². The van der Waals surface area contributed by atoms with Crippen LogP contribution in [0, 0.1) is 6.92 Å². The zero-order valence-corrected chi connectivity index (χ0v) is 15.2. The van der Waals surface area contributed by atoms with Gasteiger partial charge >= 0.3 is 0 Å². The molecule has 1 heterocycles. The van der Waals surface area contributed by atoms with Crippen LogP contribution in [0.25, 0.3) is 0 Å². The minimum Gasteiger partial charge on any atom is -0.311 e. The van der Waals surface area contributed by atoms with Crippen molar-refractivity contribution >= 4 is 34.8 Å². The van der Waals surface area contributed by atoms with Gasteiger partial charge in [0.1, 0.15) is 6.54 Å². The molecule has 0 bridgehead atoms. The Balaban J connectivity index is 1.86. The van der Waals surface area contributed by atoms with Crippen LogP contribution in [0.15, 0.2) is 42.5 Å². The molecule has 5 heteroatoms. The fourth-order valence-corrected chi connectivity index (χ4v) is 3.53. The lowest BCUT2D eigenvalue weighted by atomic mass is 10.0. The van der Waals surface area contributed by atoms with E-state index in [1.165, 1.54) is 17.4 Å². The quantitative estimate of drug-likeness (QED) is 0.834. The van der Waals surface area contributed by atoms with Gasteiger partial charge in [0.15, 0.2) is 0 Å². The summed E-state index contributed by atoms with van der Waals surface area (Å²) in [6.07, 6.45) is 1.91. The third kappa shape index (κ3) is 3.69. The first-order valence-corrected chi connectivity index (χ1v) is 8.77. The molecule has 0 spiro atoms. The number of halogens is 1. The first-order valence-electron chi connectivity index (χ1n) is 8.40. The summed E-state index contributed by atoms with van der Waals surface area (Å²) < 4.78 is 0. The average molecular weight is 357 g/mol. The highest BCUT2D eigenvalue weighted by atomic mass is 35.5. The third-order valence-electron chi connectivity index (χ3n) is 4.53. The number of hydrogen-bond donors (Lipinski definition) is 0. The minimum atomic E-state index is -0.163. The molecule has 130 valence electrons. The smallest absolute Gasteiger partial charge is 0.247 e. The number of hydrogen-bond acceptors (Lipinski definition) is 2. The number of carbonyl (C=O) groups is 2. The first-order chi connectivity index (χ1) is 12.0. The molecule has 0 unspecified atom stereocenters. The molecule has 2 aromatic carbocycles. The number of fused-ring (bicyclic) bond motifs is 1. The van der Waals surface area contributed by atoms with Gasteiger partial charge in [-0.05, 0) is 55.2 Å². The van der Waals surface area contributed by atoms with E-state index in [0.717, 1.165) is 29.8 Å². The van der Waals surface area contributed by atoms with Crippen LogP contribution in [0.5, 0.6) is 0 Å². The highest BCUT2D eigenvalue weighted by molar-refractivity contribution is 6.30. The number of anilines is 2. The second-order valence-corrected chi connectivity index (χ2v) is 6.75. The van der Waals surface area contributed by atoms with Crippen LogP contribution in [-0.4, -0.2) is 24.9 Å². The lowest BCUT2D eigenvalue weighted by Gasteiger charge is -2.32. The van der Waals surface area contributed by atoms with E-state index in [4.69, 9.17) is 11.6 Å². The molecular weight excluding hydrogens is 336 g/mol. The van der Waals surface area contributed by atoms with Crippen molar-refractivity contribution in [3.8, 4) is 0 Å². The van der Waals surface area contributed by atoms with Crippen molar-refractivity contribution in [1.29, 1.82) is 0 Å². The van der Waals surface area contributed by atoms with Gasteiger partial charge in [0.25, 0.3) is 0 Å². The molecule has 1 aliphatic heterocycles. The topological polar surface area (TPSA) is 40.6 Å². The van der Waals surface area contributed by atoms with E-state index < -0.39 is 0 Å². The zero-order valence-electron chi connectivity index (χ0n) is 14.5. The number of nitrogens with zero attached hydrogens (tertiary/aromatic N) is 2. The zero-order chi connectivity index (χ0) is 18.0. The Morgan fingerprint density at radius 3 is 2.68 bits per heavy atom. The molecule has 3 rings (SSSR count). The Morgan fingerprint density at radius 1 is 1.20 bits per heavy atom. The summed E-state index contributed by atoms with van der Waals surface area (Å²) in [6, 6.07) is 13.3. The standard InChI is InChI=1S/C20H21ClN2O2/c1-14-12-17(21)9-10-18(14)23(15(2)24)13-20(25)22-11-5-7-16-6-3-4-8-19(16)22/h3-4,6,8-10,12H,5,7,11,13H2,1-2H3. The molecule has 1 aliphatic rings. The predicted octanol–water partition coefficient (Wildman–Crippen LogP) is 3.98. The van der Waals surface area contributed by atoms with E-state index in [0.29, 0.717) is 11.6 Å². The highest BCUT2D eigenvalue weighted by Gasteiger charge is 2.25. The summed E-state index contributed by atoms with van der Waals surface area (Å²) in [4.78, 5) is 28.4. The van der Waals surface area contributed by atoms with Crippen molar-refractivity contribution < 1.29 is 9.59 Å². The number of carbonyl (C=O) groups excluding carboxylic acids is 2. The molecule has 0 N–H and O–H groups in total. The molecule has 0 atom stereocenters. The number of benzene rings is 2. The third-order valence-corrected chi connectivity index (χ3v) is 4.77. The fourth-order valence-electron chi connectivity index (χ4n) is 3.30. The van der Waals surface area contributed by atoms with Gasteiger partial charge in [-0.2, -0.15) is 0 Å². The van der Waals surface area contributed by atoms with Crippen LogP contribution in [-0.2, 0) is 16.0 Å². The maximum Gasteiger partial charge on any atom is 0.247 e. The van der Waals surface area contributed by atoms with Gasteiger partial charge in [-0.25, -0.2) is 0 Å². The van der Waals surface area contributed by atoms with Crippen LogP contribution in [0.2, 0.25) is 5.02 Å². The van der Waals surface area contributed by atoms with Crippen molar-refractivity contribution in [1.82, 2.24) is 0 Å². The Morgan fingerprint density at radius 2 is 1.96 bits per heavy atom. The summed E-state index contributed by atoms with van der Waals surface area (Å²) in [5.74, 6) is -0.235. The normalized spacial score (nSPS) is 13.3. The maximum atomic E-state index is 12.9. The Hall–Kier alpha value is -2.33. The summed E-state index contributed by atoms with van der Waals surface area (Å²) in [5, 5.41) is 0.612. The molecule has 2 aromatic rings. The van der Waals surface area contributed by atoms with Gasteiger partial charge < -0.3 is 9.80 Å². The fraction of sp³-hybridized carbons (Fsp3) is 0.300. The van der Waals surface area contributed by atoms with E-state index >= 15 is 0 Å². The number of rotatable bonds is 3. The van der Waals surface area contributed by atoms with Crippen molar-refractivity contribution in [2.24, 2.45) is 0 Å². The summed E-state index contributed by atoms with van der Waals surface area (Å²) in [5.41, 5.74) is 3.72. The number of amides is 2. The van der Waals surface area contributed by atoms with Gasteiger partial charge in [-0.15, -0.1) is 0 Å². The van der Waals surface area contributed by atoms with Crippen LogP contribution in [0.4, 0.5) is 11.4 Å². The van der Waals surface area contributed by atoms with Crippen molar-refractivity contribution in [3.05, 3.63) is 58.6 Å². The maximum absolute atomic E-state index is 12.9. The largest absolute Gasteiger partial charge is 0.311 e. The second-order valence-electron chi connectivity index (χ2n) is 6.31. The lowest BCUT2D eigenvalue weighted by Crippen LogP contribution is -2.44. The molecule has 25 heavy (non-hydrogen) atoms. The van der Waals surface area contributed by atoms with Crippen LogP contribution < -0.4 is 9.80 Å². The van der Waals surface area contributed by atoms with Crippen LogP contribution in [0.3, 0.4) is 0 Å². The van der Waals surface area contributed by atoms with Crippen molar-refractivity contribution in [2.45, 2.75) is 26.7 Å². The molecule has 0 aliphatic carbocycles. The molecule has 0 aromatic heterocycles. The van der Waals surface area contributed by atoms with E-state index in [9.17, 15) is 9.59 Å². The summed E-state index contributed by atoms with van der Waals surface area (Å²) in [7, 11) is 0.